The van der Waals surface area contributed by atoms with Gasteiger partial charge < -0.3 is 26.0 Å². The molecule has 1 aliphatic heterocycles. The second-order valence-corrected chi connectivity index (χ2v) is 7.12. The molecule has 0 aromatic carbocycles. The lowest BCUT2D eigenvalue weighted by molar-refractivity contribution is -0.120. The van der Waals surface area contributed by atoms with Crippen molar-refractivity contribution in [2.75, 3.05) is 24.5 Å². The molecule has 10 nitrogen and oxygen atoms in total. The molecule has 4 N–H and O–H groups in total. The Morgan fingerprint density at radius 3 is 2.42 bits per heavy atom. The number of ether oxygens (including phenoxy) is 1. The largest absolute Gasteiger partial charge is 0.444 e. The zero-order valence-corrected chi connectivity index (χ0v) is 15.5. The van der Waals surface area contributed by atoms with Crippen molar-refractivity contribution in [1.29, 1.82) is 0 Å². The normalized spacial score (nSPS) is 17.8. The van der Waals surface area contributed by atoms with Crippen LogP contribution in [0.2, 0.25) is 5.28 Å². The van der Waals surface area contributed by atoms with Crippen molar-refractivity contribution in [3.63, 3.8) is 0 Å². The molecule has 0 saturated carbocycles. The first-order valence-electron chi connectivity index (χ1n) is 7.86. The number of nitrogens with zero attached hydrogens (tertiary/aromatic N) is 4. The Balaban J connectivity index is 2.26. The van der Waals surface area contributed by atoms with E-state index in [1.54, 1.807) is 25.7 Å². The van der Waals surface area contributed by atoms with Crippen molar-refractivity contribution in [2.45, 2.75) is 32.4 Å². The number of aromatic nitrogens is 2. The molecule has 1 fully saturated rings. The lowest BCUT2D eigenvalue weighted by Crippen LogP contribution is -2.60. The first-order chi connectivity index (χ1) is 12.0. The van der Waals surface area contributed by atoms with Gasteiger partial charge >= 0.3 is 6.09 Å². The summed E-state index contributed by atoms with van der Waals surface area (Å²) in [5, 5.41) is -0.186. The predicted molar refractivity (Wildman–Crippen MR) is 93.7 cm³/mol. The molecule has 0 radical (unpaired) electrons. The van der Waals surface area contributed by atoms with Gasteiger partial charge in [-0.25, -0.2) is 14.8 Å². The Labute approximate surface area is 155 Å². The summed E-state index contributed by atoms with van der Waals surface area (Å²) in [4.78, 5) is 46.3. The van der Waals surface area contributed by atoms with E-state index in [0.29, 0.717) is 0 Å². The van der Waals surface area contributed by atoms with Crippen molar-refractivity contribution in [1.82, 2.24) is 14.9 Å². The third kappa shape index (κ3) is 4.72. The number of carbonyl (C=O) groups excluding carboxylic acids is 3. The van der Waals surface area contributed by atoms with Crippen LogP contribution in [0, 0.1) is 0 Å². The number of halogens is 1. The lowest BCUT2D eigenvalue weighted by Gasteiger charge is -2.40. The highest BCUT2D eigenvalue weighted by molar-refractivity contribution is 6.28. The molecule has 142 valence electrons. The van der Waals surface area contributed by atoms with Crippen LogP contribution in [0.5, 0.6) is 0 Å². The summed E-state index contributed by atoms with van der Waals surface area (Å²) in [6.45, 7) is 5.77. The smallest absolute Gasteiger partial charge is 0.410 e. The van der Waals surface area contributed by atoms with Crippen LogP contribution in [0.3, 0.4) is 0 Å². The van der Waals surface area contributed by atoms with Crippen LogP contribution in [0.25, 0.3) is 0 Å². The van der Waals surface area contributed by atoms with Gasteiger partial charge in [-0.15, -0.1) is 0 Å². The summed E-state index contributed by atoms with van der Waals surface area (Å²) in [6, 6.07) is 0.454. The predicted octanol–water partition coefficient (Wildman–Crippen LogP) is 0.140. The number of piperazine rings is 1. The fraction of sp³-hybridized carbons (Fsp3) is 0.533. The standard InChI is InChI=1S/C15H21ClN6O4/c1-15(2,3)26-14(25)21-4-5-22(9(7-21)12(18)24)10-6-8(11(17)23)19-13(16)20-10/h6,9H,4-5,7H2,1-3H3,(H2,17,23)(H2,18,24). The molecule has 0 spiro atoms. The van der Waals surface area contributed by atoms with E-state index < -0.39 is 29.6 Å². The number of rotatable bonds is 3. The van der Waals surface area contributed by atoms with Gasteiger partial charge in [0.05, 0.1) is 6.54 Å². The zero-order chi connectivity index (χ0) is 19.6. The third-order valence-electron chi connectivity index (χ3n) is 3.59. The van der Waals surface area contributed by atoms with Crippen LogP contribution in [-0.4, -0.2) is 64.1 Å². The van der Waals surface area contributed by atoms with Crippen molar-refractivity contribution >= 4 is 35.3 Å². The summed E-state index contributed by atoms with van der Waals surface area (Å²) in [6.07, 6.45) is -0.540. The number of anilines is 1. The average molecular weight is 385 g/mol. The summed E-state index contributed by atoms with van der Waals surface area (Å²) in [7, 11) is 0. The van der Waals surface area contributed by atoms with Gasteiger partial charge in [0.2, 0.25) is 11.2 Å². The van der Waals surface area contributed by atoms with E-state index >= 15 is 0 Å². The maximum atomic E-state index is 12.2. The van der Waals surface area contributed by atoms with E-state index in [4.69, 9.17) is 27.8 Å². The molecule has 26 heavy (non-hydrogen) atoms. The molecular weight excluding hydrogens is 364 g/mol. The first kappa shape index (κ1) is 19.7. The molecule has 11 heteroatoms. The van der Waals surface area contributed by atoms with Gasteiger partial charge in [-0.1, -0.05) is 0 Å². The van der Waals surface area contributed by atoms with Gasteiger partial charge in [0.15, 0.2) is 0 Å². The molecule has 1 atom stereocenters. The van der Waals surface area contributed by atoms with Crippen molar-refractivity contribution in [3.05, 3.63) is 17.0 Å². The highest BCUT2D eigenvalue weighted by Gasteiger charge is 2.36. The number of hydrogen-bond acceptors (Lipinski definition) is 7. The van der Waals surface area contributed by atoms with Gasteiger partial charge in [-0.2, -0.15) is 0 Å². The van der Waals surface area contributed by atoms with E-state index in [2.05, 4.69) is 9.97 Å². The second kappa shape index (κ2) is 7.32. The summed E-state index contributed by atoms with van der Waals surface area (Å²) >= 11 is 5.83. The van der Waals surface area contributed by atoms with E-state index in [9.17, 15) is 14.4 Å². The van der Waals surface area contributed by atoms with E-state index in [1.807, 2.05) is 0 Å². The van der Waals surface area contributed by atoms with Gasteiger partial charge in [-0.05, 0) is 32.4 Å². The van der Waals surface area contributed by atoms with Crippen molar-refractivity contribution < 1.29 is 19.1 Å². The molecule has 0 aliphatic carbocycles. The maximum Gasteiger partial charge on any atom is 0.410 e. The third-order valence-corrected chi connectivity index (χ3v) is 3.76. The van der Waals surface area contributed by atoms with Crippen LogP contribution >= 0.6 is 11.6 Å². The second-order valence-electron chi connectivity index (χ2n) is 6.78. The highest BCUT2D eigenvalue weighted by atomic mass is 35.5. The minimum atomic E-state index is -0.872. The molecule has 2 heterocycles. The molecule has 1 aromatic rings. The topological polar surface area (TPSA) is 145 Å². The first-order valence-corrected chi connectivity index (χ1v) is 8.24. The van der Waals surface area contributed by atoms with E-state index in [0.717, 1.165) is 0 Å². The fourth-order valence-electron chi connectivity index (χ4n) is 2.47. The molecule has 1 aliphatic rings. The van der Waals surface area contributed by atoms with Crippen LogP contribution in [0.4, 0.5) is 10.6 Å². The van der Waals surface area contributed by atoms with Crippen molar-refractivity contribution in [2.24, 2.45) is 11.5 Å². The lowest BCUT2D eigenvalue weighted by atomic mass is 10.1. The van der Waals surface area contributed by atoms with E-state index in [-0.39, 0.29) is 36.4 Å². The molecule has 1 aromatic heterocycles. The monoisotopic (exact) mass is 384 g/mol. The van der Waals surface area contributed by atoms with Gasteiger partial charge in [-0.3, -0.25) is 9.59 Å². The summed E-state index contributed by atoms with van der Waals surface area (Å²) < 4.78 is 5.32. The molecule has 0 bridgehead atoms. The minimum absolute atomic E-state index is 0.0117. The number of hydrogen-bond donors (Lipinski definition) is 2. The number of nitrogens with two attached hydrogens (primary N) is 2. The van der Waals surface area contributed by atoms with Gasteiger partial charge in [0.1, 0.15) is 23.2 Å². The average Bonchev–Trinajstić information content (AvgIpc) is 2.51. The van der Waals surface area contributed by atoms with Crippen LogP contribution in [-0.2, 0) is 9.53 Å². The zero-order valence-electron chi connectivity index (χ0n) is 14.7. The van der Waals surface area contributed by atoms with Crippen LogP contribution in [0.1, 0.15) is 31.3 Å². The highest BCUT2D eigenvalue weighted by Crippen LogP contribution is 2.22. The Morgan fingerprint density at radius 2 is 1.88 bits per heavy atom. The number of primary amides is 2. The van der Waals surface area contributed by atoms with Crippen LogP contribution in [0.15, 0.2) is 6.07 Å². The number of amides is 3. The Morgan fingerprint density at radius 1 is 1.23 bits per heavy atom. The van der Waals surface area contributed by atoms with Gasteiger partial charge in [0.25, 0.3) is 5.91 Å². The summed E-state index contributed by atoms with van der Waals surface area (Å²) in [5.74, 6) is -1.21. The Kier molecular flexibility index (Phi) is 5.55. The van der Waals surface area contributed by atoms with Crippen molar-refractivity contribution in [3.8, 4) is 0 Å². The SMILES string of the molecule is CC(C)(C)OC(=O)N1CCN(c2cc(C(N)=O)nc(Cl)n2)C(C(N)=O)C1. The molecule has 3 amide bonds. The Hall–Kier alpha value is -2.62. The quantitative estimate of drug-likeness (QED) is 0.705. The maximum absolute atomic E-state index is 12.2. The molecule has 1 saturated heterocycles. The molecule has 2 rings (SSSR count). The van der Waals surface area contributed by atoms with Crippen LogP contribution < -0.4 is 16.4 Å². The van der Waals surface area contributed by atoms with Gasteiger partial charge in [0, 0.05) is 19.2 Å². The fourth-order valence-corrected chi connectivity index (χ4v) is 2.65. The van der Waals surface area contributed by atoms with E-state index in [1.165, 1.54) is 11.0 Å². The molecule has 1 unspecified atom stereocenters. The minimum Gasteiger partial charge on any atom is -0.444 e. The summed E-state index contributed by atoms with van der Waals surface area (Å²) in [5.41, 5.74) is 9.98. The number of carbonyl (C=O) groups is 3. The molecular formula is C15H21ClN6O4. The Bertz CT molecular complexity index is 735.